The van der Waals surface area contributed by atoms with Crippen molar-refractivity contribution in [2.45, 2.75) is 18.9 Å². The fraction of sp³-hybridized carbons (Fsp3) is 0.235. The summed E-state index contributed by atoms with van der Waals surface area (Å²) in [4.78, 5) is 4.58. The Labute approximate surface area is 133 Å². The molecule has 2 aromatic carbocycles. The van der Waals surface area contributed by atoms with Crippen LogP contribution in [0.15, 0.2) is 53.5 Å². The van der Waals surface area contributed by atoms with Gasteiger partial charge in [-0.3, -0.25) is 4.99 Å². The van der Waals surface area contributed by atoms with Crippen molar-refractivity contribution in [3.8, 4) is 11.5 Å². The standard InChI is InChI=1S/C17H17FN2OS/c1-17(10-11-22-16(19)20-17)12-2-6-14(7-3-12)21-15-8-4-13(18)5-9-15/h2-9H,10-11H2,1H3,(H2,19,20). The molecular weight excluding hydrogens is 299 g/mol. The molecule has 1 aliphatic rings. The van der Waals surface area contributed by atoms with Crippen LogP contribution in [0.1, 0.15) is 18.9 Å². The lowest BCUT2D eigenvalue weighted by molar-refractivity contribution is 0.470. The van der Waals surface area contributed by atoms with Crippen molar-refractivity contribution < 1.29 is 9.13 Å². The Bertz CT molecular complexity index is 685. The maximum Gasteiger partial charge on any atom is 0.154 e. The Balaban J connectivity index is 1.78. The smallest absolute Gasteiger partial charge is 0.154 e. The van der Waals surface area contributed by atoms with Crippen molar-refractivity contribution in [1.29, 1.82) is 0 Å². The maximum atomic E-state index is 12.9. The molecule has 0 radical (unpaired) electrons. The van der Waals surface area contributed by atoms with Gasteiger partial charge in [-0.15, -0.1) is 0 Å². The maximum absolute atomic E-state index is 12.9. The van der Waals surface area contributed by atoms with Gasteiger partial charge in [0.25, 0.3) is 0 Å². The lowest BCUT2D eigenvalue weighted by Crippen LogP contribution is -2.28. The zero-order chi connectivity index (χ0) is 15.6. The molecule has 2 aromatic rings. The number of rotatable bonds is 3. The van der Waals surface area contributed by atoms with Crippen molar-refractivity contribution in [1.82, 2.24) is 0 Å². The van der Waals surface area contributed by atoms with Crippen LogP contribution in [0.2, 0.25) is 0 Å². The van der Waals surface area contributed by atoms with Gasteiger partial charge >= 0.3 is 0 Å². The van der Waals surface area contributed by atoms with E-state index in [0.717, 1.165) is 17.7 Å². The Morgan fingerprint density at radius 3 is 2.27 bits per heavy atom. The first kappa shape index (κ1) is 14.9. The monoisotopic (exact) mass is 316 g/mol. The number of thioether (sulfide) groups is 1. The zero-order valence-corrected chi connectivity index (χ0v) is 13.1. The second-order valence-corrected chi connectivity index (χ2v) is 6.52. The quantitative estimate of drug-likeness (QED) is 0.919. The van der Waals surface area contributed by atoms with E-state index in [1.54, 1.807) is 23.9 Å². The molecule has 1 heterocycles. The van der Waals surface area contributed by atoms with Gasteiger partial charge in [-0.25, -0.2) is 4.39 Å². The van der Waals surface area contributed by atoms with E-state index < -0.39 is 0 Å². The molecule has 0 spiro atoms. The van der Waals surface area contributed by atoms with Crippen LogP contribution in [-0.4, -0.2) is 10.9 Å². The molecule has 5 heteroatoms. The minimum Gasteiger partial charge on any atom is -0.457 e. The average Bonchev–Trinajstić information content (AvgIpc) is 2.50. The number of ether oxygens (including phenoxy) is 1. The number of halogens is 1. The predicted molar refractivity (Wildman–Crippen MR) is 89.0 cm³/mol. The summed E-state index contributed by atoms with van der Waals surface area (Å²) >= 11 is 1.59. The number of benzene rings is 2. The third-order valence-electron chi connectivity index (χ3n) is 3.72. The molecule has 0 saturated heterocycles. The second kappa shape index (κ2) is 6.01. The van der Waals surface area contributed by atoms with Gasteiger partial charge in [0.2, 0.25) is 0 Å². The van der Waals surface area contributed by atoms with E-state index in [2.05, 4.69) is 11.9 Å². The van der Waals surface area contributed by atoms with Crippen molar-refractivity contribution >= 4 is 16.9 Å². The molecule has 22 heavy (non-hydrogen) atoms. The highest BCUT2D eigenvalue weighted by molar-refractivity contribution is 8.13. The van der Waals surface area contributed by atoms with E-state index in [9.17, 15) is 4.39 Å². The number of hydrogen-bond donors (Lipinski definition) is 1. The van der Waals surface area contributed by atoms with Gasteiger partial charge in [0.05, 0.1) is 5.54 Å². The van der Waals surface area contributed by atoms with Crippen LogP contribution in [0.25, 0.3) is 0 Å². The summed E-state index contributed by atoms with van der Waals surface area (Å²) in [6.45, 7) is 2.09. The highest BCUT2D eigenvalue weighted by Gasteiger charge is 2.29. The van der Waals surface area contributed by atoms with Gasteiger partial charge in [0.15, 0.2) is 5.17 Å². The summed E-state index contributed by atoms with van der Waals surface area (Å²) < 4.78 is 18.6. The Kier molecular flexibility index (Phi) is 4.07. The molecule has 1 unspecified atom stereocenters. The fourth-order valence-corrected chi connectivity index (χ4v) is 3.39. The molecule has 3 rings (SSSR count). The summed E-state index contributed by atoms with van der Waals surface area (Å²) in [6.07, 6.45) is 0.955. The third-order valence-corrected chi connectivity index (χ3v) is 4.52. The van der Waals surface area contributed by atoms with Crippen LogP contribution in [0.3, 0.4) is 0 Å². The summed E-state index contributed by atoms with van der Waals surface area (Å²) in [5.41, 5.74) is 6.69. The molecule has 2 N–H and O–H groups in total. The topological polar surface area (TPSA) is 47.6 Å². The first-order chi connectivity index (χ1) is 10.5. The second-order valence-electron chi connectivity index (χ2n) is 5.40. The van der Waals surface area contributed by atoms with Crippen molar-refractivity contribution in [2.75, 3.05) is 5.75 Å². The number of nitrogens with two attached hydrogens (primary N) is 1. The van der Waals surface area contributed by atoms with E-state index >= 15 is 0 Å². The largest absolute Gasteiger partial charge is 0.457 e. The predicted octanol–water partition coefficient (Wildman–Crippen LogP) is 4.28. The summed E-state index contributed by atoms with van der Waals surface area (Å²) in [5.74, 6) is 2.01. The molecule has 0 saturated carbocycles. The molecule has 0 aliphatic carbocycles. The van der Waals surface area contributed by atoms with Gasteiger partial charge in [0.1, 0.15) is 17.3 Å². The number of amidine groups is 1. The molecule has 0 amide bonds. The highest BCUT2D eigenvalue weighted by atomic mass is 32.2. The number of hydrogen-bond acceptors (Lipinski definition) is 4. The number of nitrogens with zero attached hydrogens (tertiary/aromatic N) is 1. The number of aliphatic imine (C=N–C) groups is 1. The van der Waals surface area contributed by atoms with Gasteiger partial charge in [-0.1, -0.05) is 23.9 Å². The van der Waals surface area contributed by atoms with E-state index in [-0.39, 0.29) is 11.4 Å². The third kappa shape index (κ3) is 3.25. The molecule has 0 aromatic heterocycles. The van der Waals surface area contributed by atoms with Crippen LogP contribution in [0.4, 0.5) is 4.39 Å². The van der Waals surface area contributed by atoms with Crippen molar-refractivity contribution in [3.05, 3.63) is 59.9 Å². The summed E-state index contributed by atoms with van der Waals surface area (Å²) in [5, 5.41) is 0.639. The van der Waals surface area contributed by atoms with Gasteiger partial charge in [0, 0.05) is 5.75 Å². The zero-order valence-electron chi connectivity index (χ0n) is 12.3. The van der Waals surface area contributed by atoms with Crippen LogP contribution >= 0.6 is 11.8 Å². The lowest BCUT2D eigenvalue weighted by atomic mass is 9.90. The Hall–Kier alpha value is -2.01. The molecule has 1 aliphatic heterocycles. The molecule has 3 nitrogen and oxygen atoms in total. The molecule has 0 bridgehead atoms. The minimum atomic E-state index is -0.277. The average molecular weight is 316 g/mol. The summed E-state index contributed by atoms with van der Waals surface area (Å²) in [7, 11) is 0. The fourth-order valence-electron chi connectivity index (χ4n) is 2.42. The first-order valence-electron chi connectivity index (χ1n) is 7.07. The summed E-state index contributed by atoms with van der Waals surface area (Å²) in [6, 6.07) is 13.8. The first-order valence-corrected chi connectivity index (χ1v) is 8.06. The van der Waals surface area contributed by atoms with Gasteiger partial charge in [-0.05, 0) is 55.3 Å². The highest BCUT2D eigenvalue weighted by Crippen LogP contribution is 2.36. The van der Waals surface area contributed by atoms with Crippen LogP contribution < -0.4 is 10.5 Å². The van der Waals surface area contributed by atoms with E-state index in [1.807, 2.05) is 24.3 Å². The van der Waals surface area contributed by atoms with Crippen molar-refractivity contribution in [2.24, 2.45) is 10.7 Å². The van der Waals surface area contributed by atoms with E-state index in [1.165, 1.54) is 12.1 Å². The van der Waals surface area contributed by atoms with E-state index in [0.29, 0.717) is 16.7 Å². The molecular formula is C17H17FN2OS. The Morgan fingerprint density at radius 1 is 1.09 bits per heavy atom. The Morgan fingerprint density at radius 2 is 1.68 bits per heavy atom. The molecule has 0 fully saturated rings. The van der Waals surface area contributed by atoms with Gasteiger partial charge < -0.3 is 10.5 Å². The van der Waals surface area contributed by atoms with Crippen LogP contribution in [0.5, 0.6) is 11.5 Å². The van der Waals surface area contributed by atoms with Gasteiger partial charge in [-0.2, -0.15) is 0 Å². The van der Waals surface area contributed by atoms with Crippen molar-refractivity contribution in [3.63, 3.8) is 0 Å². The van der Waals surface area contributed by atoms with Crippen LogP contribution in [0, 0.1) is 5.82 Å². The molecule has 114 valence electrons. The van der Waals surface area contributed by atoms with Crippen LogP contribution in [-0.2, 0) is 5.54 Å². The molecule has 1 atom stereocenters. The van der Waals surface area contributed by atoms with E-state index in [4.69, 9.17) is 10.5 Å². The normalized spacial score (nSPS) is 21.3. The lowest BCUT2D eigenvalue weighted by Gasteiger charge is -2.29. The minimum absolute atomic E-state index is 0.274. The SMILES string of the molecule is CC1(c2ccc(Oc3ccc(F)cc3)cc2)CCSC(N)=N1.